The number of nitrogens with one attached hydrogen (secondary N) is 1. The average molecular weight is 408 g/mol. The number of likely N-dealkylation sites (tertiary alicyclic amines) is 1. The summed E-state index contributed by atoms with van der Waals surface area (Å²) in [6, 6.07) is 8.40. The molecule has 7 nitrogen and oxygen atoms in total. The van der Waals surface area contributed by atoms with E-state index in [2.05, 4.69) is 5.32 Å². The monoisotopic (exact) mass is 407 g/mol. The average Bonchev–Trinajstić information content (AvgIpc) is 2.93. The number of amides is 2. The quantitative estimate of drug-likeness (QED) is 0.776. The Morgan fingerprint density at radius 1 is 1.04 bits per heavy atom. The van der Waals surface area contributed by atoms with E-state index in [1.807, 2.05) is 4.90 Å². The van der Waals surface area contributed by atoms with Crippen LogP contribution in [0.1, 0.15) is 38.5 Å². The highest BCUT2D eigenvalue weighted by atomic mass is 32.2. The fourth-order valence-corrected chi connectivity index (χ4v) is 5.32. The van der Waals surface area contributed by atoms with Crippen LogP contribution in [0.3, 0.4) is 0 Å². The number of piperidine rings is 1. The molecule has 2 fully saturated rings. The molecule has 154 valence electrons. The van der Waals surface area contributed by atoms with Gasteiger partial charge in [-0.3, -0.25) is 9.59 Å². The van der Waals surface area contributed by atoms with E-state index in [0.717, 1.165) is 25.8 Å². The molecule has 1 aromatic carbocycles. The summed E-state index contributed by atoms with van der Waals surface area (Å²) < 4.78 is 26.8. The van der Waals surface area contributed by atoms with Crippen LogP contribution >= 0.6 is 0 Å². The molecular weight excluding hydrogens is 378 g/mol. The molecular formula is C20H29N3O4S. The maximum atomic E-state index is 12.7. The fourth-order valence-electron chi connectivity index (χ4n) is 3.83. The maximum absolute atomic E-state index is 12.7. The third-order valence-corrected chi connectivity index (χ3v) is 7.47. The molecule has 8 heteroatoms. The van der Waals surface area contributed by atoms with E-state index in [1.54, 1.807) is 30.3 Å². The zero-order chi connectivity index (χ0) is 20.0. The largest absolute Gasteiger partial charge is 0.354 e. The highest BCUT2D eigenvalue weighted by molar-refractivity contribution is 7.89. The summed E-state index contributed by atoms with van der Waals surface area (Å²) in [5.74, 6) is -0.0488. The van der Waals surface area contributed by atoms with Gasteiger partial charge in [0.1, 0.15) is 0 Å². The van der Waals surface area contributed by atoms with Gasteiger partial charge in [0, 0.05) is 45.1 Å². The minimum Gasteiger partial charge on any atom is -0.354 e. The molecule has 1 N–H and O–H groups in total. The van der Waals surface area contributed by atoms with Gasteiger partial charge in [-0.25, -0.2) is 8.42 Å². The summed E-state index contributed by atoms with van der Waals surface area (Å²) in [6.45, 7) is 2.46. The number of hydrogen-bond donors (Lipinski definition) is 1. The van der Waals surface area contributed by atoms with Gasteiger partial charge in [0.15, 0.2) is 0 Å². The van der Waals surface area contributed by atoms with Crippen LogP contribution in [0.4, 0.5) is 0 Å². The molecule has 2 aliphatic heterocycles. The van der Waals surface area contributed by atoms with Crippen molar-refractivity contribution in [3.05, 3.63) is 30.3 Å². The van der Waals surface area contributed by atoms with Gasteiger partial charge < -0.3 is 10.2 Å². The predicted molar refractivity (Wildman–Crippen MR) is 106 cm³/mol. The van der Waals surface area contributed by atoms with Crippen LogP contribution in [-0.2, 0) is 19.6 Å². The van der Waals surface area contributed by atoms with Crippen molar-refractivity contribution in [3.63, 3.8) is 0 Å². The van der Waals surface area contributed by atoms with E-state index in [9.17, 15) is 18.0 Å². The number of carbonyl (C=O) groups is 2. The van der Waals surface area contributed by atoms with E-state index >= 15 is 0 Å². The summed E-state index contributed by atoms with van der Waals surface area (Å²) in [5, 5.41) is 2.93. The first-order valence-corrected chi connectivity index (χ1v) is 11.5. The predicted octanol–water partition coefficient (Wildman–Crippen LogP) is 1.61. The van der Waals surface area contributed by atoms with Gasteiger partial charge in [-0.2, -0.15) is 4.31 Å². The lowest BCUT2D eigenvalue weighted by molar-refractivity contribution is -0.131. The van der Waals surface area contributed by atoms with Crippen molar-refractivity contribution in [2.24, 2.45) is 5.92 Å². The normalized spacial score (nSPS) is 20.0. The number of rotatable bonds is 6. The minimum atomic E-state index is -3.49. The number of nitrogens with zero attached hydrogens (tertiary/aromatic N) is 2. The summed E-state index contributed by atoms with van der Waals surface area (Å²) in [5.41, 5.74) is 0. The molecule has 0 radical (unpaired) electrons. The summed E-state index contributed by atoms with van der Waals surface area (Å²) in [7, 11) is -3.49. The number of carbonyl (C=O) groups excluding carboxylic acids is 2. The second-order valence-corrected chi connectivity index (χ2v) is 9.41. The summed E-state index contributed by atoms with van der Waals surface area (Å²) in [6.07, 6.45) is 4.68. The van der Waals surface area contributed by atoms with Gasteiger partial charge in [-0.1, -0.05) is 24.6 Å². The van der Waals surface area contributed by atoms with Crippen LogP contribution in [0, 0.1) is 5.92 Å². The molecule has 0 spiro atoms. The minimum absolute atomic E-state index is 0.0426. The Bertz CT molecular complexity index is 774. The summed E-state index contributed by atoms with van der Waals surface area (Å²) >= 11 is 0. The Morgan fingerprint density at radius 2 is 1.75 bits per heavy atom. The van der Waals surface area contributed by atoms with Crippen LogP contribution < -0.4 is 5.32 Å². The molecule has 0 saturated carbocycles. The third-order valence-electron chi connectivity index (χ3n) is 5.56. The molecule has 1 aromatic rings. The Balaban J connectivity index is 1.44. The van der Waals surface area contributed by atoms with Gasteiger partial charge in [-0.05, 0) is 37.8 Å². The van der Waals surface area contributed by atoms with E-state index in [-0.39, 0.29) is 17.7 Å². The van der Waals surface area contributed by atoms with Crippen molar-refractivity contribution >= 4 is 21.8 Å². The highest BCUT2D eigenvalue weighted by Crippen LogP contribution is 2.23. The number of benzene rings is 1. The van der Waals surface area contributed by atoms with Gasteiger partial charge in [0.05, 0.1) is 4.90 Å². The maximum Gasteiger partial charge on any atom is 0.243 e. The molecule has 2 amide bonds. The molecule has 2 aliphatic rings. The smallest absolute Gasteiger partial charge is 0.243 e. The topological polar surface area (TPSA) is 86.8 Å². The first-order chi connectivity index (χ1) is 13.5. The SMILES string of the molecule is O=C(NCCN1CCCCCC1=O)C1CCN(S(=O)(=O)c2ccccc2)CC1. The lowest BCUT2D eigenvalue weighted by Gasteiger charge is -2.30. The Hall–Kier alpha value is -1.93. The molecule has 0 aromatic heterocycles. The fraction of sp³-hybridized carbons (Fsp3) is 0.600. The third kappa shape index (κ3) is 5.11. The van der Waals surface area contributed by atoms with Gasteiger partial charge >= 0.3 is 0 Å². The molecule has 0 unspecified atom stereocenters. The molecule has 2 saturated heterocycles. The first kappa shape index (κ1) is 20.8. The van der Waals surface area contributed by atoms with E-state index in [4.69, 9.17) is 0 Å². The van der Waals surface area contributed by atoms with Crippen molar-refractivity contribution in [1.29, 1.82) is 0 Å². The molecule has 2 heterocycles. The Kier molecular flexibility index (Phi) is 7.07. The zero-order valence-electron chi connectivity index (χ0n) is 16.2. The van der Waals surface area contributed by atoms with Crippen LogP contribution in [0.5, 0.6) is 0 Å². The van der Waals surface area contributed by atoms with Gasteiger partial charge in [0.25, 0.3) is 0 Å². The van der Waals surface area contributed by atoms with E-state index in [1.165, 1.54) is 4.31 Å². The molecule has 3 rings (SSSR count). The van der Waals surface area contributed by atoms with Crippen LogP contribution in [0.25, 0.3) is 0 Å². The van der Waals surface area contributed by atoms with Gasteiger partial charge in [0.2, 0.25) is 21.8 Å². The van der Waals surface area contributed by atoms with Crippen molar-refractivity contribution in [2.45, 2.75) is 43.4 Å². The lowest BCUT2D eigenvalue weighted by Crippen LogP contribution is -2.44. The second-order valence-electron chi connectivity index (χ2n) is 7.47. The highest BCUT2D eigenvalue weighted by Gasteiger charge is 2.32. The van der Waals surface area contributed by atoms with Crippen molar-refractivity contribution in [1.82, 2.24) is 14.5 Å². The molecule has 0 atom stereocenters. The Morgan fingerprint density at radius 3 is 2.46 bits per heavy atom. The van der Waals surface area contributed by atoms with Crippen molar-refractivity contribution in [2.75, 3.05) is 32.7 Å². The van der Waals surface area contributed by atoms with Crippen LogP contribution in [0.2, 0.25) is 0 Å². The lowest BCUT2D eigenvalue weighted by atomic mass is 9.97. The zero-order valence-corrected chi connectivity index (χ0v) is 17.0. The van der Waals surface area contributed by atoms with Crippen LogP contribution in [0.15, 0.2) is 35.2 Å². The molecule has 0 aliphatic carbocycles. The standard InChI is InChI=1S/C20H29N3O4S/c24-19-9-5-2-6-13-22(19)16-12-21-20(25)17-10-14-23(15-11-17)28(26,27)18-7-3-1-4-8-18/h1,3-4,7-8,17H,2,5-6,9-16H2,(H,21,25). The number of hydrogen-bond acceptors (Lipinski definition) is 4. The first-order valence-electron chi connectivity index (χ1n) is 10.1. The number of sulfonamides is 1. The molecule has 28 heavy (non-hydrogen) atoms. The molecule has 0 bridgehead atoms. The summed E-state index contributed by atoms with van der Waals surface area (Å²) in [4.78, 5) is 26.5. The van der Waals surface area contributed by atoms with E-state index < -0.39 is 10.0 Å². The van der Waals surface area contributed by atoms with Crippen molar-refractivity contribution < 1.29 is 18.0 Å². The van der Waals surface area contributed by atoms with Gasteiger partial charge in [-0.15, -0.1) is 0 Å². The van der Waals surface area contributed by atoms with Crippen molar-refractivity contribution in [3.8, 4) is 0 Å². The second kappa shape index (κ2) is 9.52. The van der Waals surface area contributed by atoms with E-state index in [0.29, 0.717) is 50.3 Å². The Labute approximate surface area is 167 Å². The van der Waals surface area contributed by atoms with Crippen LogP contribution in [-0.4, -0.2) is 62.2 Å².